The van der Waals surface area contributed by atoms with Crippen LogP contribution in [0.25, 0.3) is 0 Å². The summed E-state index contributed by atoms with van der Waals surface area (Å²) >= 11 is 0. The van der Waals surface area contributed by atoms with E-state index in [1.807, 2.05) is 0 Å². The normalized spacial score (nSPS) is 9.92. The first-order valence-electron chi connectivity index (χ1n) is 7.02. The summed E-state index contributed by atoms with van der Waals surface area (Å²) in [6.45, 7) is -0.253. The number of hydrogen-bond donors (Lipinski definition) is 2. The van der Waals surface area contributed by atoms with Crippen molar-refractivity contribution in [1.29, 1.82) is 0 Å². The van der Waals surface area contributed by atoms with Crippen LogP contribution >= 0.6 is 0 Å². The van der Waals surface area contributed by atoms with Gasteiger partial charge in [0.15, 0.2) is 0 Å². The topological polar surface area (TPSA) is 84.5 Å². The fourth-order valence-electron chi connectivity index (χ4n) is 1.93. The van der Waals surface area contributed by atoms with Crippen molar-refractivity contribution in [1.82, 2.24) is 0 Å². The third kappa shape index (κ3) is 4.39. The highest BCUT2D eigenvalue weighted by molar-refractivity contribution is 6.45. The molecule has 0 aliphatic heterocycles. The smallest absolute Gasteiger partial charge is 0.411 e. The second kappa shape index (κ2) is 7.87. The summed E-state index contributed by atoms with van der Waals surface area (Å²) in [5, 5.41) is 5.12. The molecule has 1 amide bonds. The number of nitrogens with one attached hydrogen (secondary N) is 2. The Morgan fingerprint density at radius 1 is 1.04 bits per heavy atom. The molecule has 0 radical (unpaired) electrons. The lowest BCUT2D eigenvalue weighted by Crippen LogP contribution is -2.24. The van der Waals surface area contributed by atoms with Gasteiger partial charge in [-0.2, -0.15) is 0 Å². The lowest BCUT2D eigenvalue weighted by molar-refractivity contribution is -0.113. The van der Waals surface area contributed by atoms with Crippen molar-refractivity contribution >= 4 is 29.0 Å². The van der Waals surface area contributed by atoms with Gasteiger partial charge in [-0.1, -0.05) is 12.1 Å². The lowest BCUT2D eigenvalue weighted by Gasteiger charge is -2.09. The van der Waals surface area contributed by atoms with E-state index in [0.717, 1.165) is 0 Å². The number of ether oxygens (including phenoxy) is 1. The molecule has 0 heterocycles. The third-order valence-electron chi connectivity index (χ3n) is 3.14. The first kappa shape index (κ1) is 17.1. The van der Waals surface area contributed by atoms with Gasteiger partial charge in [0, 0.05) is 11.3 Å². The molecule has 2 aromatic rings. The standard InChI is InChI=1S/C17H15FN2O4/c1-24-17(23)20-14-5-3-2-4-13(14)16(22)15(21)10-19-12-8-6-11(18)7-9-12/h2-9,19H,10H2,1H3,(H,20,23). The number of Topliss-reactive ketones (excluding diaryl/α,β-unsaturated/α-hetero) is 2. The fourth-order valence-corrected chi connectivity index (χ4v) is 1.93. The van der Waals surface area contributed by atoms with Gasteiger partial charge in [0.05, 0.1) is 19.3 Å². The number of ketones is 2. The predicted molar refractivity (Wildman–Crippen MR) is 86.7 cm³/mol. The van der Waals surface area contributed by atoms with Gasteiger partial charge in [-0.25, -0.2) is 9.18 Å². The summed E-state index contributed by atoms with van der Waals surface area (Å²) in [5.74, 6) is -1.85. The van der Waals surface area contributed by atoms with E-state index in [1.165, 1.54) is 43.5 Å². The highest BCUT2D eigenvalue weighted by Crippen LogP contribution is 2.16. The highest BCUT2D eigenvalue weighted by atomic mass is 19.1. The van der Waals surface area contributed by atoms with Gasteiger partial charge in [0.25, 0.3) is 0 Å². The summed E-state index contributed by atoms with van der Waals surface area (Å²) in [7, 11) is 1.19. The van der Waals surface area contributed by atoms with Crippen LogP contribution in [0.5, 0.6) is 0 Å². The number of halogens is 1. The third-order valence-corrected chi connectivity index (χ3v) is 3.14. The van der Waals surface area contributed by atoms with Gasteiger partial charge < -0.3 is 10.1 Å². The summed E-state index contributed by atoms with van der Waals surface area (Å²) in [6, 6.07) is 11.5. The summed E-state index contributed by atoms with van der Waals surface area (Å²) in [4.78, 5) is 35.6. The number of methoxy groups -OCH3 is 1. The number of hydrogen-bond acceptors (Lipinski definition) is 5. The highest BCUT2D eigenvalue weighted by Gasteiger charge is 2.20. The molecule has 7 heteroatoms. The van der Waals surface area contributed by atoms with Crippen molar-refractivity contribution in [2.45, 2.75) is 0 Å². The van der Waals surface area contributed by atoms with E-state index in [9.17, 15) is 18.8 Å². The molecule has 0 unspecified atom stereocenters. The van der Waals surface area contributed by atoms with E-state index in [1.54, 1.807) is 12.1 Å². The maximum atomic E-state index is 12.8. The molecule has 0 aromatic heterocycles. The quantitative estimate of drug-likeness (QED) is 0.628. The van der Waals surface area contributed by atoms with E-state index in [2.05, 4.69) is 15.4 Å². The number of para-hydroxylation sites is 1. The molecule has 0 bridgehead atoms. The van der Waals surface area contributed by atoms with Crippen molar-refractivity contribution in [3.05, 3.63) is 59.9 Å². The van der Waals surface area contributed by atoms with Crippen LogP contribution in [-0.4, -0.2) is 31.3 Å². The number of benzene rings is 2. The Morgan fingerprint density at radius 2 is 1.71 bits per heavy atom. The molecule has 0 aliphatic carbocycles. The second-order valence-electron chi connectivity index (χ2n) is 4.77. The number of carbonyl (C=O) groups excluding carboxylic acids is 3. The van der Waals surface area contributed by atoms with E-state index in [-0.39, 0.29) is 17.8 Å². The Hall–Kier alpha value is -3.22. The largest absolute Gasteiger partial charge is 0.453 e. The molecule has 0 saturated carbocycles. The van der Waals surface area contributed by atoms with Crippen LogP contribution in [0.3, 0.4) is 0 Å². The van der Waals surface area contributed by atoms with Crippen LogP contribution < -0.4 is 10.6 Å². The van der Waals surface area contributed by atoms with Gasteiger partial charge in [-0.15, -0.1) is 0 Å². The SMILES string of the molecule is COC(=O)Nc1ccccc1C(=O)C(=O)CNc1ccc(F)cc1. The molecular weight excluding hydrogens is 315 g/mol. The average molecular weight is 330 g/mol. The van der Waals surface area contributed by atoms with Crippen molar-refractivity contribution < 1.29 is 23.5 Å². The predicted octanol–water partition coefficient (Wildman–Crippen LogP) is 2.87. The zero-order valence-electron chi connectivity index (χ0n) is 12.8. The van der Waals surface area contributed by atoms with E-state index in [0.29, 0.717) is 5.69 Å². The number of amides is 1. The Labute approximate surface area is 137 Å². The van der Waals surface area contributed by atoms with E-state index in [4.69, 9.17) is 0 Å². The summed E-state index contributed by atoms with van der Waals surface area (Å²) < 4.78 is 17.3. The van der Waals surface area contributed by atoms with Gasteiger partial charge in [-0.3, -0.25) is 14.9 Å². The minimum absolute atomic E-state index is 0.0637. The van der Waals surface area contributed by atoms with Gasteiger partial charge in [0.2, 0.25) is 11.6 Å². The molecule has 2 N–H and O–H groups in total. The maximum absolute atomic E-state index is 12.8. The van der Waals surface area contributed by atoms with Crippen LogP contribution in [0.15, 0.2) is 48.5 Å². The summed E-state index contributed by atoms with van der Waals surface area (Å²) in [6.07, 6.45) is -0.743. The van der Waals surface area contributed by atoms with Gasteiger partial charge >= 0.3 is 6.09 Å². The Kier molecular flexibility index (Phi) is 5.62. The van der Waals surface area contributed by atoms with Crippen molar-refractivity contribution in [3.63, 3.8) is 0 Å². The van der Waals surface area contributed by atoms with E-state index >= 15 is 0 Å². The minimum Gasteiger partial charge on any atom is -0.453 e. The monoisotopic (exact) mass is 330 g/mol. The molecule has 6 nitrogen and oxygen atoms in total. The molecular formula is C17H15FN2O4. The lowest BCUT2D eigenvalue weighted by atomic mass is 10.0. The Morgan fingerprint density at radius 3 is 2.38 bits per heavy atom. The molecule has 24 heavy (non-hydrogen) atoms. The minimum atomic E-state index is -0.753. The van der Waals surface area contributed by atoms with Crippen LogP contribution in [0.2, 0.25) is 0 Å². The second-order valence-corrected chi connectivity index (χ2v) is 4.77. The maximum Gasteiger partial charge on any atom is 0.411 e. The molecule has 124 valence electrons. The molecule has 0 saturated heterocycles. The fraction of sp³-hybridized carbons (Fsp3) is 0.118. The first-order valence-corrected chi connectivity index (χ1v) is 7.02. The van der Waals surface area contributed by atoms with Crippen LogP contribution in [0, 0.1) is 5.82 Å². The number of carbonyl (C=O) groups is 3. The molecule has 0 spiro atoms. The van der Waals surface area contributed by atoms with Crippen molar-refractivity contribution in [2.75, 3.05) is 24.3 Å². The summed E-state index contributed by atoms with van der Waals surface area (Å²) in [5.41, 5.74) is 0.761. The zero-order valence-corrected chi connectivity index (χ0v) is 12.8. The molecule has 0 aliphatic rings. The molecule has 2 aromatic carbocycles. The van der Waals surface area contributed by atoms with Crippen molar-refractivity contribution in [3.8, 4) is 0 Å². The van der Waals surface area contributed by atoms with Gasteiger partial charge in [0.1, 0.15) is 5.82 Å². The van der Waals surface area contributed by atoms with Crippen molar-refractivity contribution in [2.24, 2.45) is 0 Å². The molecule has 2 rings (SSSR count). The molecule has 0 atom stereocenters. The first-order chi connectivity index (χ1) is 11.5. The van der Waals surface area contributed by atoms with Crippen LogP contribution in [0.4, 0.5) is 20.6 Å². The zero-order chi connectivity index (χ0) is 17.5. The van der Waals surface area contributed by atoms with E-state index < -0.39 is 23.5 Å². The Balaban J connectivity index is 2.06. The average Bonchev–Trinajstić information content (AvgIpc) is 2.60. The Bertz CT molecular complexity index is 759. The molecule has 0 fully saturated rings. The number of rotatable bonds is 6. The van der Waals surface area contributed by atoms with Crippen LogP contribution in [0.1, 0.15) is 10.4 Å². The number of anilines is 2. The van der Waals surface area contributed by atoms with Crippen LogP contribution in [-0.2, 0) is 9.53 Å². The van der Waals surface area contributed by atoms with Gasteiger partial charge in [-0.05, 0) is 36.4 Å².